The summed E-state index contributed by atoms with van der Waals surface area (Å²) in [6.45, 7) is -0.102. The lowest BCUT2D eigenvalue weighted by Gasteiger charge is -2.47. The van der Waals surface area contributed by atoms with Crippen molar-refractivity contribution in [1.29, 1.82) is 0 Å². The van der Waals surface area contributed by atoms with Crippen LogP contribution in [0.15, 0.2) is 0 Å². The number of rotatable bonds is 6. The predicted octanol–water partition coefficient (Wildman–Crippen LogP) is -6.55. The zero-order chi connectivity index (χ0) is 24.6. The van der Waals surface area contributed by atoms with E-state index in [1.165, 1.54) is 6.92 Å². The van der Waals surface area contributed by atoms with Crippen molar-refractivity contribution in [3.05, 3.63) is 0 Å². The van der Waals surface area contributed by atoms with Gasteiger partial charge in [0.05, 0.1) is 19.3 Å². The molecule has 0 aromatic heterocycles. The molecule has 0 saturated carbocycles. The van der Waals surface area contributed by atoms with Crippen LogP contribution < -0.4 is 0 Å². The first kappa shape index (κ1) is 27.0. The van der Waals surface area contributed by atoms with E-state index < -0.39 is 105 Å². The molecule has 0 aromatic carbocycles. The number of hydrogen-bond donors (Lipinski definition) is 10. The molecule has 194 valence electrons. The van der Waals surface area contributed by atoms with Gasteiger partial charge in [0.2, 0.25) is 0 Å². The van der Waals surface area contributed by atoms with Crippen LogP contribution in [-0.4, -0.2) is 156 Å². The zero-order valence-electron chi connectivity index (χ0n) is 17.6. The molecule has 3 aliphatic heterocycles. The minimum atomic E-state index is -1.85. The molecule has 0 aliphatic carbocycles. The number of ether oxygens (including phenoxy) is 5. The molecular weight excluding hydrogens is 456 g/mol. The monoisotopic (exact) mass is 488 g/mol. The topological polar surface area (TPSA) is 248 Å². The lowest BCUT2D eigenvalue weighted by molar-refractivity contribution is -0.399. The van der Waals surface area contributed by atoms with E-state index >= 15 is 0 Å². The van der Waals surface area contributed by atoms with E-state index in [1.807, 2.05) is 0 Å². The summed E-state index contributed by atoms with van der Waals surface area (Å²) in [5.74, 6) is 0. The van der Waals surface area contributed by atoms with E-state index in [0.717, 1.165) is 0 Å². The van der Waals surface area contributed by atoms with Crippen LogP contribution in [0.1, 0.15) is 6.92 Å². The van der Waals surface area contributed by atoms with Crippen LogP contribution in [0.2, 0.25) is 0 Å². The Kier molecular flexibility index (Phi) is 8.99. The molecule has 15 nitrogen and oxygen atoms in total. The van der Waals surface area contributed by atoms with Gasteiger partial charge in [-0.15, -0.1) is 0 Å². The van der Waals surface area contributed by atoms with E-state index in [9.17, 15) is 51.1 Å². The van der Waals surface area contributed by atoms with Crippen molar-refractivity contribution in [3.8, 4) is 0 Å². The summed E-state index contributed by atoms with van der Waals surface area (Å²) >= 11 is 0. The number of aliphatic hydroxyl groups excluding tert-OH is 10. The highest BCUT2D eigenvalue weighted by Gasteiger charge is 2.53. The van der Waals surface area contributed by atoms with Gasteiger partial charge in [0.25, 0.3) is 0 Å². The smallest absolute Gasteiger partial charge is 0.190 e. The van der Waals surface area contributed by atoms with Crippen LogP contribution in [0.3, 0.4) is 0 Å². The van der Waals surface area contributed by atoms with Crippen molar-refractivity contribution in [3.63, 3.8) is 0 Å². The summed E-state index contributed by atoms with van der Waals surface area (Å²) in [7, 11) is 0. The molecule has 0 radical (unpaired) electrons. The molecular formula is C18H32O15. The average Bonchev–Trinajstić information content (AvgIpc) is 2.80. The van der Waals surface area contributed by atoms with E-state index in [2.05, 4.69) is 0 Å². The Bertz CT molecular complexity index is 624. The molecule has 3 heterocycles. The Labute approximate surface area is 187 Å². The van der Waals surface area contributed by atoms with Crippen molar-refractivity contribution in [2.24, 2.45) is 0 Å². The second kappa shape index (κ2) is 11.0. The molecule has 3 rings (SSSR count). The van der Waals surface area contributed by atoms with Gasteiger partial charge >= 0.3 is 0 Å². The van der Waals surface area contributed by atoms with Gasteiger partial charge < -0.3 is 74.7 Å². The van der Waals surface area contributed by atoms with Gasteiger partial charge in [-0.3, -0.25) is 0 Å². The fourth-order valence-electron chi connectivity index (χ4n) is 3.90. The summed E-state index contributed by atoms with van der Waals surface area (Å²) in [5.41, 5.74) is 0. The fourth-order valence-corrected chi connectivity index (χ4v) is 3.90. The molecule has 33 heavy (non-hydrogen) atoms. The normalized spacial score (nSPS) is 53.7. The molecule has 3 fully saturated rings. The summed E-state index contributed by atoms with van der Waals surface area (Å²) in [5, 5.41) is 99.7. The van der Waals surface area contributed by atoms with Gasteiger partial charge in [-0.2, -0.15) is 0 Å². The van der Waals surface area contributed by atoms with Gasteiger partial charge in [-0.05, 0) is 6.92 Å². The largest absolute Gasteiger partial charge is 0.394 e. The second-order valence-electron chi connectivity index (χ2n) is 8.32. The van der Waals surface area contributed by atoms with Crippen LogP contribution in [0.5, 0.6) is 0 Å². The third-order valence-electron chi connectivity index (χ3n) is 6.04. The van der Waals surface area contributed by atoms with Crippen LogP contribution in [-0.2, 0) is 23.7 Å². The fraction of sp³-hybridized carbons (Fsp3) is 1.00. The maximum Gasteiger partial charge on any atom is 0.190 e. The molecule has 0 spiro atoms. The molecule has 15 atom stereocenters. The van der Waals surface area contributed by atoms with Crippen molar-refractivity contribution >= 4 is 0 Å². The highest BCUT2D eigenvalue weighted by Crippen LogP contribution is 2.32. The Balaban J connectivity index is 1.80. The third-order valence-corrected chi connectivity index (χ3v) is 6.04. The quantitative estimate of drug-likeness (QED) is 0.167. The second-order valence-corrected chi connectivity index (χ2v) is 8.32. The van der Waals surface area contributed by atoms with E-state index in [-0.39, 0.29) is 0 Å². The molecule has 0 aromatic rings. The first-order chi connectivity index (χ1) is 15.5. The third kappa shape index (κ3) is 5.32. The lowest BCUT2D eigenvalue weighted by atomic mass is 9.97. The zero-order valence-corrected chi connectivity index (χ0v) is 17.6. The van der Waals surface area contributed by atoms with E-state index in [0.29, 0.717) is 0 Å². The lowest BCUT2D eigenvalue weighted by Crippen LogP contribution is -2.66. The van der Waals surface area contributed by atoms with Crippen LogP contribution in [0.25, 0.3) is 0 Å². The van der Waals surface area contributed by atoms with Crippen molar-refractivity contribution < 1.29 is 74.7 Å². The molecule has 0 amide bonds. The van der Waals surface area contributed by atoms with E-state index in [1.54, 1.807) is 0 Å². The summed E-state index contributed by atoms with van der Waals surface area (Å²) < 4.78 is 27.0. The Hall–Kier alpha value is -0.600. The van der Waals surface area contributed by atoms with Gasteiger partial charge in [-0.25, -0.2) is 0 Å². The highest BCUT2D eigenvalue weighted by atomic mass is 16.8. The van der Waals surface area contributed by atoms with Crippen molar-refractivity contribution in [2.75, 3.05) is 13.2 Å². The predicted molar refractivity (Wildman–Crippen MR) is 99.8 cm³/mol. The highest BCUT2D eigenvalue weighted by molar-refractivity contribution is 4.95. The minimum Gasteiger partial charge on any atom is -0.394 e. The molecule has 15 heteroatoms. The van der Waals surface area contributed by atoms with Crippen LogP contribution in [0, 0.1) is 0 Å². The first-order valence-corrected chi connectivity index (χ1v) is 10.4. The molecule has 0 bridgehead atoms. The Morgan fingerprint density at radius 2 is 0.970 bits per heavy atom. The van der Waals surface area contributed by atoms with Gasteiger partial charge in [-0.1, -0.05) is 0 Å². The SMILES string of the molecule is C[C@@H]1OC(O[C@@H]2O[C@H](CO)[C@@H](O)[C@H](O)[C@H]2O[C@@H]2O[C@H](CO)[C@H](O)[C@H](O)[C@H]2O)[C@H](O)[C@H](O)[C@H]1O. The first-order valence-electron chi connectivity index (χ1n) is 10.4. The summed E-state index contributed by atoms with van der Waals surface area (Å²) in [6, 6.07) is 0. The van der Waals surface area contributed by atoms with Crippen molar-refractivity contribution in [1.82, 2.24) is 0 Å². The summed E-state index contributed by atoms with van der Waals surface area (Å²) in [6.07, 6.45) is -24.1. The molecule has 10 N–H and O–H groups in total. The molecule has 3 saturated heterocycles. The van der Waals surface area contributed by atoms with Gasteiger partial charge in [0.15, 0.2) is 18.9 Å². The van der Waals surface area contributed by atoms with Crippen LogP contribution >= 0.6 is 0 Å². The molecule has 1 unspecified atom stereocenters. The number of hydrogen-bond acceptors (Lipinski definition) is 15. The van der Waals surface area contributed by atoms with Gasteiger partial charge in [0, 0.05) is 0 Å². The Morgan fingerprint density at radius 1 is 0.515 bits per heavy atom. The van der Waals surface area contributed by atoms with Gasteiger partial charge in [0.1, 0.15) is 67.1 Å². The minimum absolute atomic E-state index is 0.746. The molecule has 3 aliphatic rings. The summed E-state index contributed by atoms with van der Waals surface area (Å²) in [4.78, 5) is 0. The van der Waals surface area contributed by atoms with Crippen LogP contribution in [0.4, 0.5) is 0 Å². The Morgan fingerprint density at radius 3 is 1.52 bits per heavy atom. The maximum absolute atomic E-state index is 10.6. The van der Waals surface area contributed by atoms with Crippen molar-refractivity contribution in [2.45, 2.75) is 99.0 Å². The number of aliphatic hydroxyl groups is 10. The van der Waals surface area contributed by atoms with E-state index in [4.69, 9.17) is 23.7 Å². The standard InChI is InChI=1S/C18H32O15/c1-4-7(21)10(24)13(27)16(29-4)33-18-15(12(26)9(23)6(3-20)31-18)32-17-14(28)11(25)8(22)5(2-19)30-17/h4-28H,2-3H2,1H3/t4-,5+,6+,7-,8-,9+,10+,11-,12-,13+,14+,15+,16?,17-,18-/m0/s1. The maximum atomic E-state index is 10.6. The average molecular weight is 488 g/mol.